The van der Waals surface area contributed by atoms with Crippen molar-refractivity contribution in [2.75, 3.05) is 6.54 Å². The van der Waals surface area contributed by atoms with Crippen LogP contribution < -0.4 is 0 Å². The maximum Gasteiger partial charge on any atom is 0.245 e. The first kappa shape index (κ1) is 20.8. The molecule has 3 aromatic rings. The molecule has 1 aliphatic rings. The molecule has 0 bridgehead atoms. The van der Waals surface area contributed by atoms with Gasteiger partial charge in [-0.15, -0.1) is 0 Å². The van der Waals surface area contributed by atoms with Crippen LogP contribution in [0, 0.1) is 6.92 Å². The van der Waals surface area contributed by atoms with Gasteiger partial charge >= 0.3 is 0 Å². The molecule has 7 heteroatoms. The number of rotatable bonds is 4. The Morgan fingerprint density at radius 1 is 1.03 bits per heavy atom. The number of hydrogen-bond donors (Lipinski definition) is 0. The van der Waals surface area contributed by atoms with Crippen molar-refractivity contribution in [2.24, 2.45) is 0 Å². The normalized spacial score (nSPS) is 18.1. The zero-order valence-electron chi connectivity index (χ0n) is 17.8. The molecular formula is C23H27N3O3S. The fourth-order valence-corrected chi connectivity index (χ4v) is 5.38. The number of aryl methyl sites for hydroxylation is 1. The fraction of sp³-hybridized carbons (Fsp3) is 0.391. The topological polar surface area (TPSA) is 76.3 Å². The average Bonchev–Trinajstić information content (AvgIpc) is 3.38. The molecule has 0 radical (unpaired) electrons. The molecule has 4 rings (SSSR count). The molecule has 0 aliphatic carbocycles. The van der Waals surface area contributed by atoms with Gasteiger partial charge in [0.1, 0.15) is 6.04 Å². The van der Waals surface area contributed by atoms with Crippen LogP contribution in [-0.4, -0.2) is 29.4 Å². The number of sulfonamides is 1. The van der Waals surface area contributed by atoms with Crippen LogP contribution in [0.4, 0.5) is 0 Å². The van der Waals surface area contributed by atoms with Crippen molar-refractivity contribution in [1.29, 1.82) is 0 Å². The summed E-state index contributed by atoms with van der Waals surface area (Å²) < 4.78 is 33.6. The maximum atomic E-state index is 13.3. The van der Waals surface area contributed by atoms with Crippen molar-refractivity contribution in [1.82, 2.24) is 14.4 Å². The Labute approximate surface area is 178 Å². The van der Waals surface area contributed by atoms with Crippen molar-refractivity contribution in [3.05, 3.63) is 65.5 Å². The quantitative estimate of drug-likeness (QED) is 0.596. The summed E-state index contributed by atoms with van der Waals surface area (Å²) in [6, 6.07) is 14.6. The van der Waals surface area contributed by atoms with Crippen molar-refractivity contribution in [3.63, 3.8) is 0 Å². The first-order chi connectivity index (χ1) is 14.2. The van der Waals surface area contributed by atoms with Crippen LogP contribution in [-0.2, 0) is 15.4 Å². The molecule has 1 saturated heterocycles. The first-order valence-electron chi connectivity index (χ1n) is 10.2. The van der Waals surface area contributed by atoms with Gasteiger partial charge in [0.05, 0.1) is 4.90 Å². The SMILES string of the molecule is Cc1ccc(-c2noc([C@@H]3CCCN3S(=O)(=O)c3ccc(C(C)(C)C)cc3)n2)cc1. The van der Waals surface area contributed by atoms with E-state index in [-0.39, 0.29) is 5.41 Å². The highest BCUT2D eigenvalue weighted by Crippen LogP contribution is 2.37. The Hall–Kier alpha value is -2.51. The summed E-state index contributed by atoms with van der Waals surface area (Å²) in [5, 5.41) is 4.08. The van der Waals surface area contributed by atoms with Crippen LogP contribution in [0.3, 0.4) is 0 Å². The molecule has 0 saturated carbocycles. The van der Waals surface area contributed by atoms with Crippen LogP contribution in [0.1, 0.15) is 56.7 Å². The number of benzene rings is 2. The van der Waals surface area contributed by atoms with Crippen molar-refractivity contribution >= 4 is 10.0 Å². The molecule has 1 atom stereocenters. The van der Waals surface area contributed by atoms with Gasteiger partial charge in [-0.1, -0.05) is 67.9 Å². The van der Waals surface area contributed by atoms with Gasteiger partial charge in [0.25, 0.3) is 0 Å². The van der Waals surface area contributed by atoms with Crippen LogP contribution in [0.15, 0.2) is 57.9 Å². The Morgan fingerprint density at radius 2 is 1.70 bits per heavy atom. The Balaban J connectivity index is 1.61. The van der Waals surface area contributed by atoms with E-state index in [0.717, 1.165) is 23.1 Å². The lowest BCUT2D eigenvalue weighted by molar-refractivity contribution is 0.290. The van der Waals surface area contributed by atoms with E-state index >= 15 is 0 Å². The van der Waals surface area contributed by atoms with Gasteiger partial charge in [-0.3, -0.25) is 0 Å². The summed E-state index contributed by atoms with van der Waals surface area (Å²) in [5.41, 5.74) is 3.06. The van der Waals surface area contributed by atoms with E-state index < -0.39 is 16.1 Å². The van der Waals surface area contributed by atoms with Crippen molar-refractivity contribution in [2.45, 2.75) is 56.9 Å². The first-order valence-corrected chi connectivity index (χ1v) is 11.6. The predicted octanol–water partition coefficient (Wildman–Crippen LogP) is 4.87. The second-order valence-corrected chi connectivity index (χ2v) is 10.8. The maximum absolute atomic E-state index is 13.3. The highest BCUT2D eigenvalue weighted by Gasteiger charge is 2.39. The molecule has 1 aliphatic heterocycles. The minimum atomic E-state index is -3.65. The van der Waals surface area contributed by atoms with Crippen molar-refractivity contribution in [3.8, 4) is 11.4 Å². The molecule has 1 aromatic heterocycles. The molecule has 158 valence electrons. The van der Waals surface area contributed by atoms with E-state index in [1.807, 2.05) is 43.3 Å². The van der Waals surface area contributed by atoms with E-state index in [0.29, 0.717) is 29.6 Å². The van der Waals surface area contributed by atoms with Gasteiger partial charge in [0.15, 0.2) is 0 Å². The molecule has 2 aromatic carbocycles. The Bertz CT molecular complexity index is 1130. The third-order valence-corrected chi connectivity index (χ3v) is 7.49. The van der Waals surface area contributed by atoms with Crippen LogP contribution >= 0.6 is 0 Å². The Morgan fingerprint density at radius 3 is 2.33 bits per heavy atom. The lowest BCUT2D eigenvalue weighted by atomic mass is 9.87. The van der Waals surface area contributed by atoms with Gasteiger partial charge < -0.3 is 4.52 Å². The van der Waals surface area contributed by atoms with E-state index in [9.17, 15) is 8.42 Å². The largest absolute Gasteiger partial charge is 0.337 e. The number of aromatic nitrogens is 2. The standard InChI is InChI=1S/C23H27N3O3S/c1-16-7-9-17(10-8-16)21-24-22(29-25-21)20-6-5-15-26(20)30(27,28)19-13-11-18(12-14-19)23(2,3)4/h7-14,20H,5-6,15H2,1-4H3/t20-/m0/s1. The molecule has 0 N–H and O–H groups in total. The third kappa shape index (κ3) is 3.91. The fourth-order valence-electron chi connectivity index (χ4n) is 3.73. The van der Waals surface area contributed by atoms with Crippen LogP contribution in [0.5, 0.6) is 0 Å². The van der Waals surface area contributed by atoms with Gasteiger partial charge in [0, 0.05) is 12.1 Å². The molecule has 30 heavy (non-hydrogen) atoms. The Kier molecular flexibility index (Phi) is 5.28. The van der Waals surface area contributed by atoms with Gasteiger partial charge in [-0.25, -0.2) is 8.42 Å². The molecule has 2 heterocycles. The zero-order valence-corrected chi connectivity index (χ0v) is 18.6. The second-order valence-electron chi connectivity index (χ2n) is 8.87. The van der Waals surface area contributed by atoms with E-state index in [4.69, 9.17) is 4.52 Å². The molecule has 0 spiro atoms. The van der Waals surface area contributed by atoms with Crippen LogP contribution in [0.2, 0.25) is 0 Å². The number of hydrogen-bond acceptors (Lipinski definition) is 5. The minimum Gasteiger partial charge on any atom is -0.337 e. The molecule has 0 unspecified atom stereocenters. The molecule has 0 amide bonds. The van der Waals surface area contributed by atoms with E-state index in [2.05, 4.69) is 30.9 Å². The van der Waals surface area contributed by atoms with E-state index in [1.165, 1.54) is 4.31 Å². The van der Waals surface area contributed by atoms with E-state index in [1.54, 1.807) is 12.1 Å². The molecular weight excluding hydrogens is 398 g/mol. The highest BCUT2D eigenvalue weighted by molar-refractivity contribution is 7.89. The lowest BCUT2D eigenvalue weighted by Gasteiger charge is -2.23. The zero-order chi connectivity index (χ0) is 21.5. The summed E-state index contributed by atoms with van der Waals surface area (Å²) in [5.74, 6) is 0.821. The summed E-state index contributed by atoms with van der Waals surface area (Å²) in [6.07, 6.45) is 1.42. The predicted molar refractivity (Wildman–Crippen MR) is 115 cm³/mol. The van der Waals surface area contributed by atoms with Gasteiger partial charge in [-0.05, 0) is 42.9 Å². The van der Waals surface area contributed by atoms with Gasteiger partial charge in [-0.2, -0.15) is 9.29 Å². The molecule has 1 fully saturated rings. The summed E-state index contributed by atoms with van der Waals surface area (Å²) in [7, 11) is -3.65. The third-order valence-electron chi connectivity index (χ3n) is 5.57. The monoisotopic (exact) mass is 425 g/mol. The minimum absolute atomic E-state index is 0.0331. The highest BCUT2D eigenvalue weighted by atomic mass is 32.2. The van der Waals surface area contributed by atoms with Crippen LogP contribution in [0.25, 0.3) is 11.4 Å². The summed E-state index contributed by atoms with van der Waals surface area (Å²) in [4.78, 5) is 4.80. The average molecular weight is 426 g/mol. The van der Waals surface area contributed by atoms with Gasteiger partial charge in [0.2, 0.25) is 21.7 Å². The number of nitrogens with zero attached hydrogens (tertiary/aromatic N) is 3. The lowest BCUT2D eigenvalue weighted by Crippen LogP contribution is -2.31. The smallest absolute Gasteiger partial charge is 0.245 e. The molecule has 6 nitrogen and oxygen atoms in total. The van der Waals surface area contributed by atoms with Crippen molar-refractivity contribution < 1.29 is 12.9 Å². The summed E-state index contributed by atoms with van der Waals surface area (Å²) >= 11 is 0. The second kappa shape index (κ2) is 7.63. The summed E-state index contributed by atoms with van der Waals surface area (Å²) in [6.45, 7) is 8.77.